The van der Waals surface area contributed by atoms with Crippen LogP contribution in [0.25, 0.3) is 11.3 Å². The van der Waals surface area contributed by atoms with Crippen LogP contribution in [-0.4, -0.2) is 34.3 Å². The first-order valence-electron chi connectivity index (χ1n) is 10.9. The largest absolute Gasteiger partial charge is 0.337 e. The van der Waals surface area contributed by atoms with Gasteiger partial charge in [0.05, 0.1) is 5.69 Å². The number of rotatable bonds is 7. The van der Waals surface area contributed by atoms with Crippen molar-refractivity contribution >= 4 is 17.8 Å². The second-order valence-corrected chi connectivity index (χ2v) is 7.79. The number of amides is 3. The summed E-state index contributed by atoms with van der Waals surface area (Å²) in [5.74, 6) is 0.450. The van der Waals surface area contributed by atoms with Gasteiger partial charge in [-0.3, -0.25) is 15.4 Å². The number of hydrogen-bond donors (Lipinski definition) is 4. The SMILES string of the molecule is CCC1CC(=O)NC(n2nc(-c3ccccc3)cc2NC(=O)NCCc2ccccc2)N1. The molecule has 3 amide bonds. The Labute approximate surface area is 187 Å². The molecular formula is C24H28N6O2. The smallest absolute Gasteiger partial charge is 0.320 e. The quantitative estimate of drug-likeness (QED) is 0.460. The summed E-state index contributed by atoms with van der Waals surface area (Å²) in [5, 5.41) is 16.8. The van der Waals surface area contributed by atoms with Gasteiger partial charge in [-0.2, -0.15) is 5.10 Å². The highest BCUT2D eigenvalue weighted by atomic mass is 16.2. The van der Waals surface area contributed by atoms with Crippen LogP contribution < -0.4 is 21.3 Å². The van der Waals surface area contributed by atoms with Crippen LogP contribution in [-0.2, 0) is 11.2 Å². The Bertz CT molecular complexity index is 1050. The van der Waals surface area contributed by atoms with Gasteiger partial charge in [0.25, 0.3) is 0 Å². The maximum absolute atomic E-state index is 12.6. The lowest BCUT2D eigenvalue weighted by molar-refractivity contribution is -0.125. The van der Waals surface area contributed by atoms with Gasteiger partial charge in [-0.1, -0.05) is 67.6 Å². The van der Waals surface area contributed by atoms with Crippen LogP contribution in [0.2, 0.25) is 0 Å². The van der Waals surface area contributed by atoms with E-state index in [2.05, 4.69) is 26.4 Å². The Hall–Kier alpha value is -3.65. The van der Waals surface area contributed by atoms with Gasteiger partial charge in [-0.05, 0) is 18.4 Å². The summed E-state index contributed by atoms with van der Waals surface area (Å²) in [6.07, 6.45) is 1.43. The van der Waals surface area contributed by atoms with Gasteiger partial charge in [0.1, 0.15) is 5.82 Å². The van der Waals surface area contributed by atoms with Crippen molar-refractivity contribution in [3.05, 3.63) is 72.3 Å². The Balaban J connectivity index is 1.51. The molecule has 3 aromatic rings. The van der Waals surface area contributed by atoms with Crippen LogP contribution in [0.5, 0.6) is 0 Å². The van der Waals surface area contributed by atoms with E-state index in [0.717, 1.165) is 24.0 Å². The van der Waals surface area contributed by atoms with E-state index in [-0.39, 0.29) is 18.0 Å². The molecule has 8 nitrogen and oxygen atoms in total. The number of aromatic nitrogens is 2. The normalized spacial score (nSPS) is 18.1. The number of urea groups is 1. The van der Waals surface area contributed by atoms with Crippen molar-refractivity contribution in [3.63, 3.8) is 0 Å². The average molecular weight is 433 g/mol. The summed E-state index contributed by atoms with van der Waals surface area (Å²) >= 11 is 0. The molecule has 2 atom stereocenters. The van der Waals surface area contributed by atoms with Gasteiger partial charge in [-0.25, -0.2) is 9.48 Å². The summed E-state index contributed by atoms with van der Waals surface area (Å²) in [7, 11) is 0. The van der Waals surface area contributed by atoms with Crippen molar-refractivity contribution in [2.24, 2.45) is 0 Å². The van der Waals surface area contributed by atoms with Crippen molar-refractivity contribution in [3.8, 4) is 11.3 Å². The van der Waals surface area contributed by atoms with Crippen molar-refractivity contribution in [1.82, 2.24) is 25.7 Å². The molecule has 0 bridgehead atoms. The summed E-state index contributed by atoms with van der Waals surface area (Å²) < 4.78 is 1.62. The standard InChI is InChI=1S/C24H28N6O2/c1-2-19-15-22(31)28-23(26-19)30-21(16-20(29-30)18-11-7-4-8-12-18)27-24(32)25-14-13-17-9-5-3-6-10-17/h3-12,16,19,23,26H,2,13-15H2,1H3,(H,28,31)(H2,25,27,32). The first kappa shape index (κ1) is 21.6. The molecule has 2 unspecified atom stereocenters. The highest BCUT2D eigenvalue weighted by molar-refractivity contribution is 5.89. The lowest BCUT2D eigenvalue weighted by Gasteiger charge is -2.31. The molecular weight excluding hydrogens is 404 g/mol. The fourth-order valence-corrected chi connectivity index (χ4v) is 3.71. The van der Waals surface area contributed by atoms with E-state index in [0.29, 0.717) is 24.5 Å². The minimum Gasteiger partial charge on any atom is -0.337 e. The number of nitrogens with one attached hydrogen (secondary N) is 4. The Morgan fingerprint density at radius 3 is 2.56 bits per heavy atom. The van der Waals surface area contributed by atoms with E-state index in [4.69, 9.17) is 0 Å². The molecule has 166 valence electrons. The van der Waals surface area contributed by atoms with E-state index >= 15 is 0 Å². The third-order valence-corrected chi connectivity index (χ3v) is 5.45. The number of benzene rings is 2. The first-order chi connectivity index (χ1) is 15.6. The molecule has 1 aromatic heterocycles. The van der Waals surface area contributed by atoms with Crippen LogP contribution in [0.3, 0.4) is 0 Å². The topological polar surface area (TPSA) is 100 Å². The number of carbonyl (C=O) groups excluding carboxylic acids is 2. The maximum Gasteiger partial charge on any atom is 0.320 e. The van der Waals surface area contributed by atoms with Crippen LogP contribution in [0.15, 0.2) is 66.7 Å². The summed E-state index contributed by atoms with van der Waals surface area (Å²) in [6, 6.07) is 21.3. The van der Waals surface area contributed by atoms with Gasteiger partial charge in [0.15, 0.2) is 6.29 Å². The summed E-state index contributed by atoms with van der Waals surface area (Å²) in [5.41, 5.74) is 2.79. The lowest BCUT2D eigenvalue weighted by Crippen LogP contribution is -2.53. The molecule has 4 N–H and O–H groups in total. The summed E-state index contributed by atoms with van der Waals surface area (Å²) in [4.78, 5) is 24.8. The van der Waals surface area contributed by atoms with Crippen molar-refractivity contribution in [2.45, 2.75) is 38.5 Å². The second-order valence-electron chi connectivity index (χ2n) is 7.79. The van der Waals surface area contributed by atoms with Crippen molar-refractivity contribution in [1.29, 1.82) is 0 Å². The number of carbonyl (C=O) groups is 2. The molecule has 0 aliphatic carbocycles. The highest BCUT2D eigenvalue weighted by Crippen LogP contribution is 2.24. The second kappa shape index (κ2) is 10.1. The van der Waals surface area contributed by atoms with Crippen LogP contribution in [0.4, 0.5) is 10.6 Å². The predicted octanol–water partition coefficient (Wildman–Crippen LogP) is 3.26. The molecule has 2 aromatic carbocycles. The predicted molar refractivity (Wildman–Crippen MR) is 124 cm³/mol. The molecule has 0 spiro atoms. The molecule has 4 rings (SSSR count). The number of anilines is 1. The van der Waals surface area contributed by atoms with Gasteiger partial charge in [0, 0.05) is 30.6 Å². The zero-order valence-corrected chi connectivity index (χ0v) is 18.0. The first-order valence-corrected chi connectivity index (χ1v) is 10.9. The lowest BCUT2D eigenvalue weighted by atomic mass is 10.1. The molecule has 1 aliphatic heterocycles. The number of hydrogen-bond acceptors (Lipinski definition) is 4. The molecule has 32 heavy (non-hydrogen) atoms. The third kappa shape index (κ3) is 5.33. The third-order valence-electron chi connectivity index (χ3n) is 5.45. The molecule has 1 saturated heterocycles. The molecule has 1 fully saturated rings. The van der Waals surface area contributed by atoms with Crippen molar-refractivity contribution in [2.75, 3.05) is 11.9 Å². The molecule has 2 heterocycles. The fraction of sp³-hybridized carbons (Fsp3) is 0.292. The monoisotopic (exact) mass is 432 g/mol. The molecule has 0 radical (unpaired) electrons. The van der Waals surface area contributed by atoms with Crippen LogP contribution in [0.1, 0.15) is 31.6 Å². The van der Waals surface area contributed by atoms with E-state index in [1.807, 2.05) is 73.7 Å². The Morgan fingerprint density at radius 1 is 1.12 bits per heavy atom. The minimum absolute atomic E-state index is 0.0457. The highest BCUT2D eigenvalue weighted by Gasteiger charge is 2.28. The zero-order chi connectivity index (χ0) is 22.3. The van der Waals surface area contributed by atoms with Gasteiger partial charge >= 0.3 is 6.03 Å². The Kier molecular flexibility index (Phi) is 6.81. The van der Waals surface area contributed by atoms with Gasteiger partial charge in [-0.15, -0.1) is 0 Å². The Morgan fingerprint density at radius 2 is 1.84 bits per heavy atom. The zero-order valence-electron chi connectivity index (χ0n) is 18.0. The van der Waals surface area contributed by atoms with E-state index < -0.39 is 6.29 Å². The summed E-state index contributed by atoms with van der Waals surface area (Å²) in [6.45, 7) is 2.54. The van der Waals surface area contributed by atoms with E-state index in [1.165, 1.54) is 0 Å². The van der Waals surface area contributed by atoms with Crippen LogP contribution >= 0.6 is 0 Å². The fourth-order valence-electron chi connectivity index (χ4n) is 3.71. The molecule has 0 saturated carbocycles. The van der Waals surface area contributed by atoms with Gasteiger partial charge < -0.3 is 10.6 Å². The van der Waals surface area contributed by atoms with E-state index in [1.54, 1.807) is 4.68 Å². The van der Waals surface area contributed by atoms with Gasteiger partial charge in [0.2, 0.25) is 5.91 Å². The van der Waals surface area contributed by atoms with Crippen LogP contribution in [0, 0.1) is 0 Å². The van der Waals surface area contributed by atoms with Crippen molar-refractivity contribution < 1.29 is 9.59 Å². The maximum atomic E-state index is 12.6. The van der Waals surface area contributed by atoms with E-state index in [9.17, 15) is 9.59 Å². The minimum atomic E-state index is -0.543. The average Bonchev–Trinajstić information content (AvgIpc) is 3.23. The molecule has 8 heteroatoms. The molecule has 1 aliphatic rings. The number of nitrogens with zero attached hydrogens (tertiary/aromatic N) is 2.